The van der Waals surface area contributed by atoms with Crippen molar-refractivity contribution in [2.45, 2.75) is 0 Å². The van der Waals surface area contributed by atoms with E-state index in [-0.39, 0.29) is 6.79 Å². The third-order valence-corrected chi connectivity index (χ3v) is 4.26. The Bertz CT molecular complexity index is 799. The highest BCUT2D eigenvalue weighted by Gasteiger charge is 2.18. The molecule has 1 aliphatic rings. The van der Waals surface area contributed by atoms with Crippen molar-refractivity contribution in [3.8, 4) is 33.2 Å². The van der Waals surface area contributed by atoms with Crippen molar-refractivity contribution in [2.24, 2.45) is 0 Å². The van der Waals surface area contributed by atoms with Crippen LogP contribution in [0.5, 0.6) is 11.5 Å². The summed E-state index contributed by atoms with van der Waals surface area (Å²) in [5.74, 6) is 1.52. The first-order chi connectivity index (χ1) is 10.3. The van der Waals surface area contributed by atoms with Crippen LogP contribution in [0.1, 0.15) is 0 Å². The fraction of sp³-hybridized carbons (Fsp3) is 0.0625. The zero-order chi connectivity index (χ0) is 14.2. The van der Waals surface area contributed by atoms with Crippen LogP contribution in [-0.2, 0) is 0 Å². The van der Waals surface area contributed by atoms with Gasteiger partial charge in [0, 0.05) is 5.56 Å². The second-order valence-corrected chi connectivity index (χ2v) is 5.69. The number of nitrogen functional groups attached to an aromatic ring is 1. The van der Waals surface area contributed by atoms with E-state index in [4.69, 9.17) is 15.2 Å². The van der Waals surface area contributed by atoms with Gasteiger partial charge in [-0.1, -0.05) is 41.7 Å². The minimum atomic E-state index is 0.267. The smallest absolute Gasteiger partial charge is 0.231 e. The van der Waals surface area contributed by atoms with E-state index >= 15 is 0 Å². The third kappa shape index (κ3) is 2.11. The van der Waals surface area contributed by atoms with Gasteiger partial charge in [-0.3, -0.25) is 0 Å². The summed E-state index contributed by atoms with van der Waals surface area (Å²) in [5, 5.41) is 0.557. The van der Waals surface area contributed by atoms with Gasteiger partial charge in [-0.25, -0.2) is 4.98 Å². The Balaban J connectivity index is 1.86. The van der Waals surface area contributed by atoms with Crippen LogP contribution < -0.4 is 15.2 Å². The maximum atomic E-state index is 5.92. The summed E-state index contributed by atoms with van der Waals surface area (Å²) in [6.45, 7) is 0.267. The van der Waals surface area contributed by atoms with E-state index in [1.165, 1.54) is 11.3 Å². The van der Waals surface area contributed by atoms with Crippen molar-refractivity contribution >= 4 is 16.5 Å². The van der Waals surface area contributed by atoms with E-state index in [0.29, 0.717) is 5.13 Å². The molecule has 0 unspecified atom stereocenters. The van der Waals surface area contributed by atoms with Crippen molar-refractivity contribution in [2.75, 3.05) is 12.5 Å². The summed E-state index contributed by atoms with van der Waals surface area (Å²) < 4.78 is 10.8. The molecule has 0 saturated heterocycles. The summed E-state index contributed by atoms with van der Waals surface area (Å²) in [6.07, 6.45) is 0. The number of hydrogen-bond donors (Lipinski definition) is 1. The SMILES string of the molecule is Nc1nc(-c2ccc3c(c2)OCO3)c(-c2ccccc2)s1. The zero-order valence-electron chi connectivity index (χ0n) is 11.1. The fourth-order valence-electron chi connectivity index (χ4n) is 2.36. The molecule has 21 heavy (non-hydrogen) atoms. The maximum Gasteiger partial charge on any atom is 0.231 e. The lowest BCUT2D eigenvalue weighted by Crippen LogP contribution is -1.92. The molecule has 4 nitrogen and oxygen atoms in total. The number of nitrogens with two attached hydrogens (primary N) is 1. The minimum absolute atomic E-state index is 0.267. The van der Waals surface area contributed by atoms with Gasteiger partial charge in [-0.15, -0.1) is 0 Å². The van der Waals surface area contributed by atoms with Gasteiger partial charge in [0.2, 0.25) is 6.79 Å². The number of aromatic nitrogens is 1. The Kier molecular flexibility index (Phi) is 2.79. The Morgan fingerprint density at radius 2 is 1.76 bits per heavy atom. The molecule has 104 valence electrons. The first-order valence-electron chi connectivity index (χ1n) is 6.53. The Morgan fingerprint density at radius 3 is 2.62 bits per heavy atom. The summed E-state index contributed by atoms with van der Waals surface area (Å²) in [6, 6.07) is 16.0. The molecule has 1 aliphatic heterocycles. The Hall–Kier alpha value is -2.53. The van der Waals surface area contributed by atoms with Crippen molar-refractivity contribution in [1.82, 2.24) is 4.98 Å². The van der Waals surface area contributed by atoms with E-state index in [2.05, 4.69) is 17.1 Å². The molecule has 1 aromatic heterocycles. The molecule has 0 saturated carbocycles. The van der Waals surface area contributed by atoms with Crippen LogP contribution in [-0.4, -0.2) is 11.8 Å². The van der Waals surface area contributed by atoms with Crippen molar-refractivity contribution < 1.29 is 9.47 Å². The number of ether oxygens (including phenoxy) is 2. The van der Waals surface area contributed by atoms with Crippen LogP contribution in [0.25, 0.3) is 21.7 Å². The van der Waals surface area contributed by atoms with E-state index in [1.54, 1.807) is 0 Å². The highest BCUT2D eigenvalue weighted by Crippen LogP contribution is 2.41. The first-order valence-corrected chi connectivity index (χ1v) is 7.34. The average Bonchev–Trinajstić information content (AvgIpc) is 3.13. The highest BCUT2D eigenvalue weighted by atomic mass is 32.1. The second-order valence-electron chi connectivity index (χ2n) is 4.66. The molecule has 0 spiro atoms. The van der Waals surface area contributed by atoms with Gasteiger partial charge in [0.15, 0.2) is 16.6 Å². The fourth-order valence-corrected chi connectivity index (χ4v) is 3.22. The molecule has 4 rings (SSSR count). The number of anilines is 1. The monoisotopic (exact) mass is 296 g/mol. The van der Waals surface area contributed by atoms with Gasteiger partial charge in [0.1, 0.15) is 0 Å². The molecule has 2 heterocycles. The molecule has 0 radical (unpaired) electrons. The molecule has 0 fully saturated rings. The average molecular weight is 296 g/mol. The lowest BCUT2D eigenvalue weighted by atomic mass is 10.1. The Morgan fingerprint density at radius 1 is 0.952 bits per heavy atom. The van der Waals surface area contributed by atoms with E-state index in [9.17, 15) is 0 Å². The van der Waals surface area contributed by atoms with Crippen molar-refractivity contribution in [1.29, 1.82) is 0 Å². The first kappa shape index (κ1) is 12.2. The molecule has 0 bridgehead atoms. The largest absolute Gasteiger partial charge is 0.454 e. The normalized spacial score (nSPS) is 12.6. The number of thiazole rings is 1. The minimum Gasteiger partial charge on any atom is -0.454 e. The Labute approximate surface area is 125 Å². The van der Waals surface area contributed by atoms with Crippen LogP contribution in [0.3, 0.4) is 0 Å². The predicted octanol–water partition coefficient (Wildman–Crippen LogP) is 3.79. The number of rotatable bonds is 2. The topological polar surface area (TPSA) is 57.4 Å². The number of hydrogen-bond acceptors (Lipinski definition) is 5. The maximum absolute atomic E-state index is 5.92. The number of nitrogens with zero attached hydrogens (tertiary/aromatic N) is 1. The third-order valence-electron chi connectivity index (χ3n) is 3.33. The highest BCUT2D eigenvalue weighted by molar-refractivity contribution is 7.19. The summed E-state index contributed by atoms with van der Waals surface area (Å²) in [5.41, 5.74) is 8.88. The van der Waals surface area contributed by atoms with Crippen molar-refractivity contribution in [3.63, 3.8) is 0 Å². The summed E-state index contributed by atoms with van der Waals surface area (Å²) >= 11 is 1.49. The van der Waals surface area contributed by atoms with Crippen LogP contribution in [0.4, 0.5) is 5.13 Å². The van der Waals surface area contributed by atoms with Crippen LogP contribution in [0.2, 0.25) is 0 Å². The van der Waals surface area contributed by atoms with Gasteiger partial charge in [0.25, 0.3) is 0 Å². The van der Waals surface area contributed by atoms with Gasteiger partial charge in [-0.2, -0.15) is 0 Å². The summed E-state index contributed by atoms with van der Waals surface area (Å²) in [4.78, 5) is 5.54. The molecule has 2 aromatic carbocycles. The van der Waals surface area contributed by atoms with Gasteiger partial charge < -0.3 is 15.2 Å². The molecular weight excluding hydrogens is 284 g/mol. The molecule has 2 N–H and O–H groups in total. The van der Waals surface area contributed by atoms with Crippen LogP contribution >= 0.6 is 11.3 Å². The van der Waals surface area contributed by atoms with Gasteiger partial charge >= 0.3 is 0 Å². The predicted molar refractivity (Wildman–Crippen MR) is 83.5 cm³/mol. The molecule has 3 aromatic rings. The quantitative estimate of drug-likeness (QED) is 0.781. The molecule has 5 heteroatoms. The van der Waals surface area contributed by atoms with Gasteiger partial charge in [0.05, 0.1) is 10.6 Å². The lowest BCUT2D eigenvalue weighted by Gasteiger charge is -2.04. The molecule has 0 amide bonds. The number of fused-ring (bicyclic) bond motifs is 1. The zero-order valence-corrected chi connectivity index (χ0v) is 11.9. The van der Waals surface area contributed by atoms with E-state index in [1.807, 2.05) is 36.4 Å². The van der Waals surface area contributed by atoms with E-state index < -0.39 is 0 Å². The standard InChI is InChI=1S/C16H12N2O2S/c17-16-18-14(15(21-16)10-4-2-1-3-5-10)11-6-7-12-13(8-11)20-9-19-12/h1-8H,9H2,(H2,17,18). The molecule has 0 aliphatic carbocycles. The van der Waals surface area contributed by atoms with Gasteiger partial charge in [-0.05, 0) is 23.8 Å². The van der Waals surface area contributed by atoms with Crippen LogP contribution in [0, 0.1) is 0 Å². The molecule has 0 atom stereocenters. The van der Waals surface area contributed by atoms with Crippen molar-refractivity contribution in [3.05, 3.63) is 48.5 Å². The second kappa shape index (κ2) is 4.79. The van der Waals surface area contributed by atoms with E-state index in [0.717, 1.165) is 33.2 Å². The lowest BCUT2D eigenvalue weighted by molar-refractivity contribution is 0.174. The summed E-state index contributed by atoms with van der Waals surface area (Å²) in [7, 11) is 0. The number of benzene rings is 2. The van der Waals surface area contributed by atoms with Crippen LogP contribution in [0.15, 0.2) is 48.5 Å². The molecular formula is C16H12N2O2S.